The highest BCUT2D eigenvalue weighted by Crippen LogP contribution is 1.94. The maximum absolute atomic E-state index is 7.01. The Kier molecular flexibility index (Phi) is 3.14. The zero-order valence-corrected chi connectivity index (χ0v) is 5.67. The van der Waals surface area contributed by atoms with Crippen molar-refractivity contribution in [1.82, 2.24) is 6.15 Å². The summed E-state index contributed by atoms with van der Waals surface area (Å²) in [4.78, 5) is 0. The summed E-state index contributed by atoms with van der Waals surface area (Å²) in [5.74, 6) is 0.121. The van der Waals surface area contributed by atoms with Gasteiger partial charge in [-0.25, -0.2) is 0 Å². The highest BCUT2D eigenvalue weighted by molar-refractivity contribution is 5.94. The van der Waals surface area contributed by atoms with Crippen molar-refractivity contribution in [3.63, 3.8) is 0 Å². The number of nitrogens with one attached hydrogen (secondary N) is 1. The number of nitrogen functional groups attached to an aromatic ring is 1. The van der Waals surface area contributed by atoms with Crippen molar-refractivity contribution in [2.45, 2.75) is 0 Å². The molecule has 0 heterocycles. The van der Waals surface area contributed by atoms with E-state index in [4.69, 9.17) is 11.1 Å². The number of hydrogen-bond donors (Lipinski definition) is 3. The molecule has 0 saturated heterocycles. The Labute approximate surface area is 60.0 Å². The molecule has 0 spiro atoms. The van der Waals surface area contributed by atoms with E-state index < -0.39 is 0 Å². The predicted molar refractivity (Wildman–Crippen MR) is 42.5 cm³/mol. The van der Waals surface area contributed by atoms with Gasteiger partial charge in [-0.2, -0.15) is 0 Å². The maximum Gasteiger partial charge on any atom is 0.122 e. The van der Waals surface area contributed by atoms with Crippen molar-refractivity contribution in [3.05, 3.63) is 35.9 Å². The van der Waals surface area contributed by atoms with E-state index in [2.05, 4.69) is 0 Å². The van der Waals surface area contributed by atoms with Gasteiger partial charge in [-0.15, -0.1) is 0 Å². The Morgan fingerprint density at radius 3 is 2.00 bits per heavy atom. The third kappa shape index (κ3) is 1.87. The van der Waals surface area contributed by atoms with Gasteiger partial charge in [-0.05, 0) is 0 Å². The minimum atomic E-state index is 0. The average molecular weight is 137 g/mol. The van der Waals surface area contributed by atoms with Crippen molar-refractivity contribution in [3.8, 4) is 0 Å². The second-order valence-corrected chi connectivity index (χ2v) is 1.78. The molecule has 1 rings (SSSR count). The molecular formula is C7H11N3. The van der Waals surface area contributed by atoms with Crippen LogP contribution in [0, 0.1) is 5.41 Å². The summed E-state index contributed by atoms with van der Waals surface area (Å²) in [6.07, 6.45) is 0. The fraction of sp³-hybridized carbons (Fsp3) is 0. The van der Waals surface area contributed by atoms with E-state index in [0.29, 0.717) is 0 Å². The Morgan fingerprint density at radius 2 is 1.70 bits per heavy atom. The lowest BCUT2D eigenvalue weighted by Crippen LogP contribution is -2.10. The smallest absolute Gasteiger partial charge is 0.122 e. The molecule has 3 nitrogen and oxygen atoms in total. The second kappa shape index (κ2) is 3.63. The quantitative estimate of drug-likeness (QED) is 0.400. The van der Waals surface area contributed by atoms with Gasteiger partial charge in [0.25, 0.3) is 0 Å². The van der Waals surface area contributed by atoms with E-state index in [1.807, 2.05) is 30.3 Å². The molecule has 3 heteroatoms. The SMILES string of the molecule is N.N=C(N)c1ccccc1. The molecule has 0 unspecified atom stereocenters. The molecule has 1 aromatic rings. The molecule has 0 aliphatic heterocycles. The van der Waals surface area contributed by atoms with Crippen LogP contribution in [0.25, 0.3) is 0 Å². The van der Waals surface area contributed by atoms with E-state index in [1.165, 1.54) is 0 Å². The minimum absolute atomic E-state index is 0. The number of rotatable bonds is 1. The number of nitrogens with two attached hydrogens (primary N) is 1. The third-order valence-electron chi connectivity index (χ3n) is 1.08. The fourth-order valence-electron chi connectivity index (χ4n) is 0.618. The highest BCUT2D eigenvalue weighted by Gasteiger charge is 1.89. The van der Waals surface area contributed by atoms with Gasteiger partial charge in [-0.3, -0.25) is 5.41 Å². The van der Waals surface area contributed by atoms with Crippen LogP contribution < -0.4 is 11.9 Å². The van der Waals surface area contributed by atoms with Crippen LogP contribution in [0.3, 0.4) is 0 Å². The largest absolute Gasteiger partial charge is 0.384 e. The molecule has 1 aromatic carbocycles. The number of amidine groups is 1. The molecule has 6 N–H and O–H groups in total. The van der Waals surface area contributed by atoms with E-state index in [0.717, 1.165) is 5.56 Å². The standard InChI is InChI=1S/C7H8N2.H3N/c8-7(9)6-4-2-1-3-5-6;/h1-5H,(H3,8,9);1H3. The Balaban J connectivity index is 0.000000810. The second-order valence-electron chi connectivity index (χ2n) is 1.78. The van der Waals surface area contributed by atoms with Gasteiger partial charge in [0.2, 0.25) is 0 Å². The summed E-state index contributed by atoms with van der Waals surface area (Å²) in [5, 5.41) is 7.01. The fourth-order valence-corrected chi connectivity index (χ4v) is 0.618. The lowest BCUT2D eigenvalue weighted by atomic mass is 10.2. The van der Waals surface area contributed by atoms with Crippen molar-refractivity contribution in [1.29, 1.82) is 5.41 Å². The van der Waals surface area contributed by atoms with Crippen molar-refractivity contribution < 1.29 is 0 Å². The Hall–Kier alpha value is -1.35. The van der Waals surface area contributed by atoms with Gasteiger partial charge in [0.15, 0.2) is 0 Å². The van der Waals surface area contributed by atoms with Crippen LogP contribution in [0.5, 0.6) is 0 Å². The van der Waals surface area contributed by atoms with E-state index in [9.17, 15) is 0 Å². The third-order valence-corrected chi connectivity index (χ3v) is 1.08. The molecule has 0 aliphatic carbocycles. The van der Waals surface area contributed by atoms with Crippen LogP contribution in [0.4, 0.5) is 0 Å². The van der Waals surface area contributed by atoms with Crippen molar-refractivity contribution >= 4 is 5.84 Å². The number of hydrogen-bond acceptors (Lipinski definition) is 2. The first-order valence-electron chi connectivity index (χ1n) is 2.70. The topological polar surface area (TPSA) is 84.9 Å². The van der Waals surface area contributed by atoms with Crippen LogP contribution >= 0.6 is 0 Å². The van der Waals surface area contributed by atoms with Crippen molar-refractivity contribution in [2.75, 3.05) is 0 Å². The maximum atomic E-state index is 7.01. The molecule has 0 aromatic heterocycles. The molecule has 0 atom stereocenters. The Morgan fingerprint density at radius 1 is 1.20 bits per heavy atom. The van der Waals surface area contributed by atoms with Gasteiger partial charge < -0.3 is 11.9 Å². The average Bonchev–Trinajstić information content (AvgIpc) is 1.90. The zero-order valence-electron chi connectivity index (χ0n) is 5.67. The summed E-state index contributed by atoms with van der Waals surface area (Å²) in [5.41, 5.74) is 5.97. The molecule has 0 amide bonds. The van der Waals surface area contributed by atoms with Crippen LogP contribution in [-0.4, -0.2) is 5.84 Å². The van der Waals surface area contributed by atoms with Crippen LogP contribution in [0.1, 0.15) is 5.56 Å². The van der Waals surface area contributed by atoms with Gasteiger partial charge in [0, 0.05) is 5.56 Å². The molecule has 0 saturated carbocycles. The van der Waals surface area contributed by atoms with Gasteiger partial charge in [-0.1, -0.05) is 30.3 Å². The monoisotopic (exact) mass is 137 g/mol. The summed E-state index contributed by atoms with van der Waals surface area (Å²) in [6.45, 7) is 0. The first kappa shape index (κ1) is 8.65. The Bertz CT molecular complexity index is 205. The number of benzene rings is 1. The minimum Gasteiger partial charge on any atom is -0.384 e. The van der Waals surface area contributed by atoms with Crippen LogP contribution in [0.2, 0.25) is 0 Å². The van der Waals surface area contributed by atoms with Crippen molar-refractivity contribution in [2.24, 2.45) is 5.73 Å². The molecule has 0 aliphatic rings. The summed E-state index contributed by atoms with van der Waals surface area (Å²) >= 11 is 0. The molecule has 10 heavy (non-hydrogen) atoms. The van der Waals surface area contributed by atoms with Crippen LogP contribution in [-0.2, 0) is 0 Å². The molecule has 0 radical (unpaired) electrons. The first-order chi connectivity index (χ1) is 4.30. The van der Waals surface area contributed by atoms with E-state index in [-0.39, 0.29) is 12.0 Å². The normalized spacial score (nSPS) is 8.00. The van der Waals surface area contributed by atoms with E-state index >= 15 is 0 Å². The molecule has 0 bridgehead atoms. The van der Waals surface area contributed by atoms with Gasteiger partial charge in [0.1, 0.15) is 5.84 Å². The summed E-state index contributed by atoms with van der Waals surface area (Å²) in [7, 11) is 0. The molecule has 54 valence electrons. The van der Waals surface area contributed by atoms with Gasteiger partial charge >= 0.3 is 0 Å². The van der Waals surface area contributed by atoms with Crippen LogP contribution in [0.15, 0.2) is 30.3 Å². The zero-order chi connectivity index (χ0) is 6.69. The highest BCUT2D eigenvalue weighted by atomic mass is 14.7. The predicted octanol–water partition coefficient (Wildman–Crippen LogP) is 1.13. The van der Waals surface area contributed by atoms with Gasteiger partial charge in [0.05, 0.1) is 0 Å². The lowest BCUT2D eigenvalue weighted by Gasteiger charge is -1.93. The molecular weight excluding hydrogens is 126 g/mol. The lowest BCUT2D eigenvalue weighted by molar-refractivity contribution is 1.42. The molecule has 0 fully saturated rings. The summed E-state index contributed by atoms with van der Waals surface area (Å²) in [6, 6.07) is 9.23. The van der Waals surface area contributed by atoms with E-state index in [1.54, 1.807) is 0 Å². The summed E-state index contributed by atoms with van der Waals surface area (Å²) < 4.78 is 0. The first-order valence-corrected chi connectivity index (χ1v) is 2.70.